The fraction of sp³-hybridized carbons (Fsp3) is 0.364. The molecule has 0 aliphatic carbocycles. The number of benzene rings is 1. The van der Waals surface area contributed by atoms with Crippen LogP contribution in [0.15, 0.2) is 24.3 Å². The second-order valence-electron chi connectivity index (χ2n) is 4.09. The number of hydrogen-bond donors (Lipinski definition) is 0. The first-order valence-corrected chi connectivity index (χ1v) is 7.31. The number of sulfonamides is 1. The highest BCUT2D eigenvalue weighted by molar-refractivity contribution is 7.88. The maximum absolute atomic E-state index is 11.6. The lowest BCUT2D eigenvalue weighted by molar-refractivity contribution is -0.254. The van der Waals surface area contributed by atoms with Gasteiger partial charge in [-0.2, -0.15) is 0 Å². The van der Waals surface area contributed by atoms with Gasteiger partial charge in [-0.1, -0.05) is 18.2 Å². The summed E-state index contributed by atoms with van der Waals surface area (Å²) in [6, 6.07) is 6.23. The lowest BCUT2D eigenvalue weighted by Gasteiger charge is -2.29. The summed E-state index contributed by atoms with van der Waals surface area (Å²) in [6.45, 7) is 0.831. The topological polar surface area (TPSA) is 80.8 Å². The molecule has 1 saturated heterocycles. The fourth-order valence-electron chi connectivity index (χ4n) is 2.04. The van der Waals surface area contributed by atoms with Gasteiger partial charge in [-0.25, -0.2) is 8.42 Å². The molecule has 0 N–H and O–H groups in total. The summed E-state index contributed by atoms with van der Waals surface area (Å²) in [6.07, 6.45) is 1.77. The van der Waals surface area contributed by atoms with E-state index in [0.29, 0.717) is 25.2 Å². The van der Waals surface area contributed by atoms with Crippen LogP contribution < -0.4 is 10.1 Å². The third-order valence-corrected chi connectivity index (χ3v) is 3.92. The van der Waals surface area contributed by atoms with Crippen LogP contribution in [0.1, 0.15) is 16.8 Å². The molecule has 18 heavy (non-hydrogen) atoms. The Kier molecular flexibility index (Phi) is 3.27. The Balaban J connectivity index is 2.46. The van der Waals surface area contributed by atoms with E-state index in [4.69, 9.17) is 0 Å². The maximum atomic E-state index is 11.6. The van der Waals surface area contributed by atoms with Crippen LogP contribution in [0.4, 0.5) is 5.69 Å². The molecule has 0 atom stereocenters. The molecule has 0 unspecified atom stereocenters. The number of aromatic carboxylic acids is 1. The smallest absolute Gasteiger partial charge is 0.228 e. The first-order chi connectivity index (χ1) is 8.41. The fourth-order valence-corrected chi connectivity index (χ4v) is 3.03. The number of hydrazine groups is 1. The zero-order valence-corrected chi connectivity index (χ0v) is 10.7. The SMILES string of the molecule is CS(=O)(=O)N1CCCN1c1ccccc1C(=O)[O-]. The molecule has 1 heterocycles. The first kappa shape index (κ1) is 12.8. The number of rotatable bonds is 3. The van der Waals surface area contributed by atoms with Crippen LogP contribution in [-0.2, 0) is 10.0 Å². The molecule has 0 spiro atoms. The monoisotopic (exact) mass is 269 g/mol. The van der Waals surface area contributed by atoms with Crippen molar-refractivity contribution in [3.63, 3.8) is 0 Å². The van der Waals surface area contributed by atoms with Crippen LogP contribution in [0.25, 0.3) is 0 Å². The average molecular weight is 269 g/mol. The molecule has 1 aliphatic rings. The standard InChI is InChI=1S/C11H14N2O4S/c1-18(16,17)13-8-4-7-12(13)10-6-3-2-5-9(10)11(14)15/h2-3,5-6H,4,7-8H2,1H3,(H,14,15)/p-1. The quantitative estimate of drug-likeness (QED) is 0.734. The molecule has 0 amide bonds. The molecule has 1 aliphatic heterocycles. The van der Waals surface area contributed by atoms with Gasteiger partial charge in [-0.05, 0) is 12.5 Å². The molecule has 0 radical (unpaired) electrons. The van der Waals surface area contributed by atoms with Crippen molar-refractivity contribution in [2.75, 3.05) is 24.4 Å². The minimum atomic E-state index is -3.40. The Labute approximate surface area is 105 Å². The molecular formula is C11H13N2O4S-. The van der Waals surface area contributed by atoms with Gasteiger partial charge in [0.2, 0.25) is 10.0 Å². The molecule has 1 aromatic carbocycles. The lowest BCUT2D eigenvalue weighted by Crippen LogP contribution is -2.41. The lowest BCUT2D eigenvalue weighted by atomic mass is 10.2. The van der Waals surface area contributed by atoms with E-state index < -0.39 is 16.0 Å². The molecule has 0 aromatic heterocycles. The summed E-state index contributed by atoms with van der Waals surface area (Å²) in [5, 5.41) is 12.5. The summed E-state index contributed by atoms with van der Waals surface area (Å²) in [5.74, 6) is -1.31. The van der Waals surface area contributed by atoms with Crippen LogP contribution in [-0.4, -0.2) is 38.1 Å². The van der Waals surface area contributed by atoms with E-state index in [1.54, 1.807) is 18.2 Å². The molecule has 2 rings (SSSR count). The number of anilines is 1. The second-order valence-corrected chi connectivity index (χ2v) is 5.98. The van der Waals surface area contributed by atoms with Crippen molar-refractivity contribution >= 4 is 21.7 Å². The Morgan fingerprint density at radius 1 is 1.28 bits per heavy atom. The van der Waals surface area contributed by atoms with E-state index in [0.717, 1.165) is 6.26 Å². The average Bonchev–Trinajstić information content (AvgIpc) is 2.77. The van der Waals surface area contributed by atoms with E-state index in [9.17, 15) is 18.3 Å². The van der Waals surface area contributed by atoms with Gasteiger partial charge in [0.25, 0.3) is 0 Å². The third-order valence-electron chi connectivity index (χ3n) is 2.77. The zero-order valence-electron chi connectivity index (χ0n) is 9.87. The first-order valence-electron chi connectivity index (χ1n) is 5.47. The number of carbonyl (C=O) groups excluding carboxylic acids is 1. The molecule has 1 aromatic rings. The van der Waals surface area contributed by atoms with Crippen molar-refractivity contribution in [1.29, 1.82) is 0 Å². The van der Waals surface area contributed by atoms with Gasteiger partial charge in [-0.15, -0.1) is 4.41 Å². The van der Waals surface area contributed by atoms with E-state index in [1.807, 2.05) is 0 Å². The number of carbonyl (C=O) groups is 1. The van der Waals surface area contributed by atoms with Crippen molar-refractivity contribution in [1.82, 2.24) is 4.41 Å². The number of carboxylic acids is 1. The van der Waals surface area contributed by atoms with Crippen LogP contribution in [0.2, 0.25) is 0 Å². The number of carboxylic acid groups (broad SMARTS) is 1. The largest absolute Gasteiger partial charge is 0.545 e. The highest BCUT2D eigenvalue weighted by Crippen LogP contribution is 2.26. The van der Waals surface area contributed by atoms with E-state index in [-0.39, 0.29) is 5.56 Å². The van der Waals surface area contributed by atoms with Gasteiger partial charge in [0.1, 0.15) is 0 Å². The Bertz CT molecular complexity index is 570. The normalized spacial score (nSPS) is 17.1. The molecule has 0 bridgehead atoms. The van der Waals surface area contributed by atoms with E-state index >= 15 is 0 Å². The Morgan fingerprint density at radius 2 is 1.94 bits per heavy atom. The molecular weight excluding hydrogens is 256 g/mol. The van der Waals surface area contributed by atoms with Crippen molar-refractivity contribution in [3.05, 3.63) is 29.8 Å². The maximum Gasteiger partial charge on any atom is 0.228 e. The van der Waals surface area contributed by atoms with E-state index in [2.05, 4.69) is 0 Å². The van der Waals surface area contributed by atoms with Gasteiger partial charge < -0.3 is 9.90 Å². The third kappa shape index (κ3) is 2.32. The van der Waals surface area contributed by atoms with Gasteiger partial charge in [0.15, 0.2) is 0 Å². The zero-order chi connectivity index (χ0) is 13.3. The highest BCUT2D eigenvalue weighted by Gasteiger charge is 2.30. The van der Waals surface area contributed by atoms with Crippen LogP contribution in [0.5, 0.6) is 0 Å². The minimum absolute atomic E-state index is 0.00644. The van der Waals surface area contributed by atoms with Crippen LogP contribution in [0, 0.1) is 0 Å². The summed E-state index contributed by atoms with van der Waals surface area (Å²) in [7, 11) is -3.40. The summed E-state index contributed by atoms with van der Waals surface area (Å²) >= 11 is 0. The van der Waals surface area contributed by atoms with Crippen LogP contribution in [0.3, 0.4) is 0 Å². The van der Waals surface area contributed by atoms with Gasteiger partial charge >= 0.3 is 0 Å². The second kappa shape index (κ2) is 4.58. The molecule has 7 heteroatoms. The van der Waals surface area contributed by atoms with Crippen LogP contribution >= 0.6 is 0 Å². The predicted octanol–water partition coefficient (Wildman–Crippen LogP) is -0.563. The summed E-state index contributed by atoms with van der Waals surface area (Å²) in [4.78, 5) is 11.0. The molecule has 6 nitrogen and oxygen atoms in total. The molecule has 0 saturated carbocycles. The van der Waals surface area contributed by atoms with Gasteiger partial charge in [-0.3, -0.25) is 5.01 Å². The molecule has 98 valence electrons. The highest BCUT2D eigenvalue weighted by atomic mass is 32.2. The summed E-state index contributed by atoms with van der Waals surface area (Å²) < 4.78 is 24.4. The predicted molar refractivity (Wildman–Crippen MR) is 64.3 cm³/mol. The van der Waals surface area contributed by atoms with Crippen molar-refractivity contribution < 1.29 is 18.3 Å². The Morgan fingerprint density at radius 3 is 2.56 bits per heavy atom. The van der Waals surface area contributed by atoms with Crippen molar-refractivity contribution in [2.24, 2.45) is 0 Å². The molecule has 1 fully saturated rings. The van der Waals surface area contributed by atoms with Crippen molar-refractivity contribution in [3.8, 4) is 0 Å². The minimum Gasteiger partial charge on any atom is -0.545 e. The van der Waals surface area contributed by atoms with Crippen molar-refractivity contribution in [2.45, 2.75) is 6.42 Å². The number of nitrogens with zero attached hydrogens (tertiary/aromatic N) is 2. The van der Waals surface area contributed by atoms with Gasteiger partial charge in [0.05, 0.1) is 17.9 Å². The number of hydrogen-bond acceptors (Lipinski definition) is 5. The Hall–Kier alpha value is -1.60. The summed E-state index contributed by atoms with van der Waals surface area (Å²) in [5.41, 5.74) is 0.341. The number of para-hydroxylation sites is 1. The van der Waals surface area contributed by atoms with Gasteiger partial charge in [0, 0.05) is 18.7 Å². The van der Waals surface area contributed by atoms with E-state index in [1.165, 1.54) is 15.5 Å².